The SMILES string of the molecule is CN(C)c1cncc(OC2CCN(C(=O)Cc3ccc(F)cc3F)C2)n1. The maximum Gasteiger partial charge on any atom is 0.234 e. The first-order valence-electron chi connectivity index (χ1n) is 8.30. The summed E-state index contributed by atoms with van der Waals surface area (Å²) >= 11 is 0. The zero-order chi connectivity index (χ0) is 18.7. The molecule has 1 aromatic heterocycles. The molecule has 2 aromatic rings. The van der Waals surface area contributed by atoms with Crippen molar-refractivity contribution in [2.45, 2.75) is 18.9 Å². The van der Waals surface area contributed by atoms with Gasteiger partial charge in [0.15, 0.2) is 5.82 Å². The normalized spacial score (nSPS) is 16.6. The van der Waals surface area contributed by atoms with Gasteiger partial charge in [-0.05, 0) is 11.6 Å². The molecule has 26 heavy (non-hydrogen) atoms. The Morgan fingerprint density at radius 1 is 1.35 bits per heavy atom. The maximum atomic E-state index is 13.7. The van der Waals surface area contributed by atoms with Crippen molar-refractivity contribution in [3.63, 3.8) is 0 Å². The third kappa shape index (κ3) is 4.25. The predicted molar refractivity (Wildman–Crippen MR) is 92.0 cm³/mol. The van der Waals surface area contributed by atoms with Gasteiger partial charge in [0.25, 0.3) is 0 Å². The predicted octanol–water partition coefficient (Wildman–Crippen LogP) is 2.04. The largest absolute Gasteiger partial charge is 0.471 e. The van der Waals surface area contributed by atoms with Crippen LogP contribution < -0.4 is 9.64 Å². The first-order chi connectivity index (χ1) is 12.4. The Kier molecular flexibility index (Phi) is 5.29. The summed E-state index contributed by atoms with van der Waals surface area (Å²) < 4.78 is 32.5. The number of ether oxygens (including phenoxy) is 1. The number of anilines is 1. The molecule has 1 atom stereocenters. The van der Waals surface area contributed by atoms with Crippen LogP contribution in [-0.2, 0) is 11.2 Å². The highest BCUT2D eigenvalue weighted by Crippen LogP contribution is 2.19. The third-order valence-electron chi connectivity index (χ3n) is 4.20. The van der Waals surface area contributed by atoms with Crippen molar-refractivity contribution in [3.05, 3.63) is 47.8 Å². The second-order valence-corrected chi connectivity index (χ2v) is 6.39. The van der Waals surface area contributed by atoms with Crippen LogP contribution in [-0.4, -0.2) is 54.1 Å². The van der Waals surface area contributed by atoms with Gasteiger partial charge in [0.2, 0.25) is 11.8 Å². The van der Waals surface area contributed by atoms with E-state index >= 15 is 0 Å². The van der Waals surface area contributed by atoms with Crippen molar-refractivity contribution < 1.29 is 18.3 Å². The Hall–Kier alpha value is -2.77. The van der Waals surface area contributed by atoms with Crippen LogP contribution in [0.25, 0.3) is 0 Å². The van der Waals surface area contributed by atoms with Gasteiger partial charge in [-0.2, -0.15) is 4.98 Å². The molecule has 1 aliphatic rings. The van der Waals surface area contributed by atoms with Crippen molar-refractivity contribution in [3.8, 4) is 5.88 Å². The molecule has 8 heteroatoms. The number of carbonyl (C=O) groups excluding carboxylic acids is 1. The lowest BCUT2D eigenvalue weighted by Crippen LogP contribution is -2.32. The van der Waals surface area contributed by atoms with E-state index in [0.29, 0.717) is 31.2 Å². The summed E-state index contributed by atoms with van der Waals surface area (Å²) in [6.45, 7) is 0.919. The van der Waals surface area contributed by atoms with Crippen LogP contribution in [0.1, 0.15) is 12.0 Å². The van der Waals surface area contributed by atoms with E-state index in [4.69, 9.17) is 4.74 Å². The Bertz CT molecular complexity index is 801. The summed E-state index contributed by atoms with van der Waals surface area (Å²) in [5.74, 6) is -0.495. The van der Waals surface area contributed by atoms with Gasteiger partial charge < -0.3 is 14.5 Å². The van der Waals surface area contributed by atoms with Crippen LogP contribution in [0.5, 0.6) is 5.88 Å². The molecule has 0 bridgehead atoms. The first kappa shape index (κ1) is 18.0. The van der Waals surface area contributed by atoms with Gasteiger partial charge in [-0.1, -0.05) is 6.07 Å². The van der Waals surface area contributed by atoms with Crippen LogP contribution in [0, 0.1) is 11.6 Å². The molecule has 3 rings (SSSR count). The molecule has 0 N–H and O–H groups in total. The lowest BCUT2D eigenvalue weighted by molar-refractivity contribution is -0.129. The highest BCUT2D eigenvalue weighted by Gasteiger charge is 2.28. The molecule has 1 aromatic carbocycles. The van der Waals surface area contributed by atoms with E-state index in [-0.39, 0.29) is 24.0 Å². The quantitative estimate of drug-likeness (QED) is 0.815. The van der Waals surface area contributed by atoms with E-state index in [1.807, 2.05) is 19.0 Å². The topological polar surface area (TPSA) is 58.6 Å². The molecular formula is C18H20F2N4O2. The van der Waals surface area contributed by atoms with Gasteiger partial charge in [0, 0.05) is 33.1 Å². The number of rotatable bonds is 5. The molecule has 6 nitrogen and oxygen atoms in total. The average Bonchev–Trinajstić information content (AvgIpc) is 3.06. The number of halogens is 2. The van der Waals surface area contributed by atoms with Crippen molar-refractivity contribution in [2.75, 3.05) is 32.1 Å². The number of nitrogens with zero attached hydrogens (tertiary/aromatic N) is 4. The molecular weight excluding hydrogens is 342 g/mol. The second-order valence-electron chi connectivity index (χ2n) is 6.39. The van der Waals surface area contributed by atoms with E-state index in [1.165, 1.54) is 12.3 Å². The molecule has 0 spiro atoms. The number of amides is 1. The minimum Gasteiger partial charge on any atom is -0.471 e. The Labute approximate surface area is 150 Å². The molecule has 1 saturated heterocycles. The van der Waals surface area contributed by atoms with Crippen molar-refractivity contribution in [2.24, 2.45) is 0 Å². The standard InChI is InChI=1S/C18H20F2N4O2/c1-23(2)16-9-21-10-17(22-16)26-14-5-6-24(11-14)18(25)7-12-3-4-13(19)8-15(12)20/h3-4,8-10,14H,5-7,11H2,1-2H3. The van der Waals surface area contributed by atoms with E-state index in [9.17, 15) is 13.6 Å². The molecule has 0 radical (unpaired) electrons. The second kappa shape index (κ2) is 7.63. The third-order valence-corrected chi connectivity index (χ3v) is 4.20. The summed E-state index contributed by atoms with van der Waals surface area (Å²) in [6.07, 6.45) is 3.53. The number of likely N-dealkylation sites (tertiary alicyclic amines) is 1. The van der Waals surface area contributed by atoms with E-state index < -0.39 is 11.6 Å². The molecule has 1 fully saturated rings. The van der Waals surface area contributed by atoms with Crippen LogP contribution in [0.15, 0.2) is 30.6 Å². The molecule has 0 aliphatic carbocycles. The molecule has 1 unspecified atom stereocenters. The minimum atomic E-state index is -0.707. The molecule has 1 amide bonds. The zero-order valence-electron chi connectivity index (χ0n) is 14.7. The zero-order valence-corrected chi connectivity index (χ0v) is 14.7. The van der Waals surface area contributed by atoms with E-state index in [2.05, 4.69) is 9.97 Å². The maximum absolute atomic E-state index is 13.7. The Balaban J connectivity index is 1.58. The fraction of sp³-hybridized carbons (Fsp3) is 0.389. The fourth-order valence-electron chi connectivity index (χ4n) is 2.77. The molecule has 2 heterocycles. The highest BCUT2D eigenvalue weighted by atomic mass is 19.1. The van der Waals surface area contributed by atoms with E-state index in [0.717, 1.165) is 12.1 Å². The Morgan fingerprint density at radius 2 is 2.15 bits per heavy atom. The van der Waals surface area contributed by atoms with Crippen molar-refractivity contribution in [1.29, 1.82) is 0 Å². The van der Waals surface area contributed by atoms with Crippen molar-refractivity contribution in [1.82, 2.24) is 14.9 Å². The molecule has 1 aliphatic heterocycles. The van der Waals surface area contributed by atoms with Gasteiger partial charge in [-0.15, -0.1) is 0 Å². The fourth-order valence-corrected chi connectivity index (χ4v) is 2.77. The monoisotopic (exact) mass is 362 g/mol. The van der Waals surface area contributed by atoms with Gasteiger partial charge in [-0.3, -0.25) is 9.78 Å². The molecule has 0 saturated carbocycles. The summed E-state index contributed by atoms with van der Waals surface area (Å²) in [7, 11) is 3.72. The highest BCUT2D eigenvalue weighted by molar-refractivity contribution is 5.79. The van der Waals surface area contributed by atoms with Gasteiger partial charge in [0.05, 0.1) is 25.4 Å². The Morgan fingerprint density at radius 3 is 2.88 bits per heavy atom. The number of hydrogen-bond acceptors (Lipinski definition) is 5. The molecule has 138 valence electrons. The van der Waals surface area contributed by atoms with Crippen LogP contribution >= 0.6 is 0 Å². The number of hydrogen-bond donors (Lipinski definition) is 0. The van der Waals surface area contributed by atoms with Crippen LogP contribution in [0.4, 0.5) is 14.6 Å². The lowest BCUT2D eigenvalue weighted by Gasteiger charge is -2.18. The smallest absolute Gasteiger partial charge is 0.234 e. The van der Waals surface area contributed by atoms with E-state index in [1.54, 1.807) is 11.1 Å². The van der Waals surface area contributed by atoms with Gasteiger partial charge in [-0.25, -0.2) is 8.78 Å². The van der Waals surface area contributed by atoms with Crippen molar-refractivity contribution >= 4 is 11.7 Å². The average molecular weight is 362 g/mol. The number of benzene rings is 1. The van der Waals surface area contributed by atoms with Crippen LogP contribution in [0.3, 0.4) is 0 Å². The van der Waals surface area contributed by atoms with Gasteiger partial charge >= 0.3 is 0 Å². The number of aromatic nitrogens is 2. The lowest BCUT2D eigenvalue weighted by atomic mass is 10.1. The summed E-state index contributed by atoms with van der Waals surface area (Å²) in [5, 5.41) is 0. The van der Waals surface area contributed by atoms with Gasteiger partial charge in [0.1, 0.15) is 17.7 Å². The number of carbonyl (C=O) groups is 1. The summed E-state index contributed by atoms with van der Waals surface area (Å²) in [6, 6.07) is 3.24. The van der Waals surface area contributed by atoms with Crippen LogP contribution in [0.2, 0.25) is 0 Å². The first-order valence-corrected chi connectivity index (χ1v) is 8.30. The summed E-state index contributed by atoms with van der Waals surface area (Å²) in [4.78, 5) is 24.2. The minimum absolute atomic E-state index is 0.102. The summed E-state index contributed by atoms with van der Waals surface area (Å²) in [5.41, 5.74) is 0.185.